The van der Waals surface area contributed by atoms with Crippen molar-refractivity contribution in [2.24, 2.45) is 0 Å². The van der Waals surface area contributed by atoms with E-state index < -0.39 is 0 Å². The van der Waals surface area contributed by atoms with E-state index in [0.29, 0.717) is 5.92 Å². The van der Waals surface area contributed by atoms with Crippen LogP contribution in [0.25, 0.3) is 0 Å². The minimum Gasteiger partial charge on any atom is -0.457 e. The number of hydrogen-bond donors (Lipinski definition) is 1. The van der Waals surface area contributed by atoms with Crippen molar-refractivity contribution >= 4 is 15.9 Å². The van der Waals surface area contributed by atoms with Crippen LogP contribution in [0.1, 0.15) is 30.9 Å². The molecule has 2 nitrogen and oxygen atoms in total. The van der Waals surface area contributed by atoms with E-state index in [1.807, 2.05) is 31.3 Å². The number of halogens is 1. The molecular formula is C17H20BrNO. The van der Waals surface area contributed by atoms with Crippen LogP contribution in [-0.4, -0.2) is 7.05 Å². The molecule has 0 amide bonds. The minimum absolute atomic E-state index is 0.541. The minimum atomic E-state index is 0.541. The second-order valence-electron chi connectivity index (χ2n) is 5.11. The Kier molecular flexibility index (Phi) is 5.21. The summed E-state index contributed by atoms with van der Waals surface area (Å²) in [6.45, 7) is 5.21. The van der Waals surface area contributed by atoms with Crippen molar-refractivity contribution in [3.05, 3.63) is 58.1 Å². The number of rotatable bonds is 5. The third-order valence-electron chi connectivity index (χ3n) is 3.17. The predicted molar refractivity (Wildman–Crippen MR) is 87.5 cm³/mol. The van der Waals surface area contributed by atoms with Gasteiger partial charge in [-0.1, -0.05) is 48.0 Å². The zero-order valence-electron chi connectivity index (χ0n) is 12.1. The highest BCUT2D eigenvalue weighted by Gasteiger charge is 2.04. The SMILES string of the molecule is CNCc1ccc(Oc2ccc(C(C)C)cc2)cc1Br. The van der Waals surface area contributed by atoms with Gasteiger partial charge in [-0.2, -0.15) is 0 Å². The van der Waals surface area contributed by atoms with E-state index in [0.717, 1.165) is 22.5 Å². The van der Waals surface area contributed by atoms with Crippen molar-refractivity contribution in [2.75, 3.05) is 7.05 Å². The fraction of sp³-hybridized carbons (Fsp3) is 0.294. The first-order valence-electron chi connectivity index (χ1n) is 6.81. The van der Waals surface area contributed by atoms with Crippen LogP contribution in [0.5, 0.6) is 11.5 Å². The Morgan fingerprint density at radius 1 is 1.05 bits per heavy atom. The molecule has 0 bridgehead atoms. The van der Waals surface area contributed by atoms with E-state index in [1.165, 1.54) is 11.1 Å². The quantitative estimate of drug-likeness (QED) is 0.823. The summed E-state index contributed by atoms with van der Waals surface area (Å²) in [5.41, 5.74) is 2.54. The standard InChI is InChI=1S/C17H20BrNO/c1-12(2)13-4-7-15(8-5-13)20-16-9-6-14(11-19-3)17(18)10-16/h4-10,12,19H,11H2,1-3H3. The summed E-state index contributed by atoms with van der Waals surface area (Å²) in [7, 11) is 1.94. The lowest BCUT2D eigenvalue weighted by molar-refractivity contribution is 0.481. The summed E-state index contributed by atoms with van der Waals surface area (Å²) in [4.78, 5) is 0. The summed E-state index contributed by atoms with van der Waals surface area (Å²) in [5.74, 6) is 2.25. The first kappa shape index (κ1) is 15.1. The maximum Gasteiger partial charge on any atom is 0.128 e. The molecule has 2 aromatic carbocycles. The van der Waals surface area contributed by atoms with E-state index >= 15 is 0 Å². The van der Waals surface area contributed by atoms with Crippen LogP contribution in [0, 0.1) is 0 Å². The molecule has 2 aromatic rings. The lowest BCUT2D eigenvalue weighted by Crippen LogP contribution is -2.05. The second kappa shape index (κ2) is 6.91. The lowest BCUT2D eigenvalue weighted by Gasteiger charge is -2.10. The van der Waals surface area contributed by atoms with Gasteiger partial charge in [-0.25, -0.2) is 0 Å². The highest BCUT2D eigenvalue weighted by atomic mass is 79.9. The fourth-order valence-corrected chi connectivity index (χ4v) is 2.48. The molecule has 0 saturated heterocycles. The predicted octanol–water partition coefficient (Wildman–Crippen LogP) is 5.08. The molecule has 0 radical (unpaired) electrons. The van der Waals surface area contributed by atoms with Crippen molar-refractivity contribution in [2.45, 2.75) is 26.3 Å². The third kappa shape index (κ3) is 3.84. The number of benzene rings is 2. The molecule has 0 atom stereocenters. The monoisotopic (exact) mass is 333 g/mol. The molecule has 0 fully saturated rings. The van der Waals surface area contributed by atoms with Gasteiger partial charge in [0.2, 0.25) is 0 Å². The van der Waals surface area contributed by atoms with Gasteiger partial charge in [0.05, 0.1) is 0 Å². The van der Waals surface area contributed by atoms with Crippen molar-refractivity contribution in [3.63, 3.8) is 0 Å². The summed E-state index contributed by atoms with van der Waals surface area (Å²) >= 11 is 3.57. The molecule has 0 heterocycles. The molecule has 3 heteroatoms. The highest BCUT2D eigenvalue weighted by Crippen LogP contribution is 2.28. The smallest absolute Gasteiger partial charge is 0.128 e. The summed E-state index contributed by atoms with van der Waals surface area (Å²) < 4.78 is 6.94. The van der Waals surface area contributed by atoms with Crippen molar-refractivity contribution in [3.8, 4) is 11.5 Å². The summed E-state index contributed by atoms with van der Waals surface area (Å²) in [5, 5.41) is 3.14. The second-order valence-corrected chi connectivity index (χ2v) is 5.96. The zero-order chi connectivity index (χ0) is 14.5. The Morgan fingerprint density at radius 2 is 1.70 bits per heavy atom. The molecule has 0 aliphatic rings. The highest BCUT2D eigenvalue weighted by molar-refractivity contribution is 9.10. The fourth-order valence-electron chi connectivity index (χ4n) is 1.98. The van der Waals surface area contributed by atoms with E-state index in [2.05, 4.69) is 53.3 Å². The first-order valence-corrected chi connectivity index (χ1v) is 7.60. The summed E-state index contributed by atoms with van der Waals surface area (Å²) in [6, 6.07) is 14.3. The Hall–Kier alpha value is -1.32. The lowest BCUT2D eigenvalue weighted by atomic mass is 10.0. The molecule has 2 rings (SSSR count). The van der Waals surface area contributed by atoms with Gasteiger partial charge >= 0.3 is 0 Å². The molecule has 20 heavy (non-hydrogen) atoms. The van der Waals surface area contributed by atoms with Crippen LogP contribution in [0.4, 0.5) is 0 Å². The molecule has 106 valence electrons. The maximum atomic E-state index is 5.88. The molecule has 0 unspecified atom stereocenters. The van der Waals surface area contributed by atoms with E-state index in [-0.39, 0.29) is 0 Å². The number of ether oxygens (including phenoxy) is 1. The van der Waals surface area contributed by atoms with Crippen LogP contribution >= 0.6 is 15.9 Å². The Labute approximate surface area is 129 Å². The topological polar surface area (TPSA) is 21.3 Å². The molecule has 0 aromatic heterocycles. The van der Waals surface area contributed by atoms with Gasteiger partial charge in [-0.05, 0) is 48.4 Å². The van der Waals surface area contributed by atoms with Crippen molar-refractivity contribution in [1.82, 2.24) is 5.32 Å². The van der Waals surface area contributed by atoms with Gasteiger partial charge in [0.1, 0.15) is 11.5 Å². The van der Waals surface area contributed by atoms with Gasteiger partial charge in [0, 0.05) is 11.0 Å². The van der Waals surface area contributed by atoms with Gasteiger partial charge in [-0.3, -0.25) is 0 Å². The van der Waals surface area contributed by atoms with Gasteiger partial charge in [-0.15, -0.1) is 0 Å². The van der Waals surface area contributed by atoms with E-state index in [1.54, 1.807) is 0 Å². The van der Waals surface area contributed by atoms with E-state index in [9.17, 15) is 0 Å². The normalized spacial score (nSPS) is 10.8. The average molecular weight is 334 g/mol. The Morgan fingerprint density at radius 3 is 2.25 bits per heavy atom. The van der Waals surface area contributed by atoms with Crippen LogP contribution in [0.3, 0.4) is 0 Å². The number of nitrogens with one attached hydrogen (secondary N) is 1. The molecule has 0 aliphatic heterocycles. The van der Waals surface area contributed by atoms with E-state index in [4.69, 9.17) is 4.74 Å². The Bertz CT molecular complexity index is 564. The van der Waals surface area contributed by atoms with Crippen LogP contribution < -0.4 is 10.1 Å². The average Bonchev–Trinajstić information content (AvgIpc) is 2.42. The third-order valence-corrected chi connectivity index (χ3v) is 3.91. The van der Waals surface area contributed by atoms with Gasteiger partial charge < -0.3 is 10.1 Å². The van der Waals surface area contributed by atoms with Crippen LogP contribution in [0.2, 0.25) is 0 Å². The zero-order valence-corrected chi connectivity index (χ0v) is 13.7. The molecule has 1 N–H and O–H groups in total. The Balaban J connectivity index is 2.11. The molecule has 0 spiro atoms. The van der Waals surface area contributed by atoms with Crippen LogP contribution in [0.15, 0.2) is 46.9 Å². The summed E-state index contributed by atoms with van der Waals surface area (Å²) in [6.07, 6.45) is 0. The molecule has 0 aliphatic carbocycles. The number of hydrogen-bond acceptors (Lipinski definition) is 2. The van der Waals surface area contributed by atoms with Gasteiger partial charge in [0.15, 0.2) is 0 Å². The molecular weight excluding hydrogens is 314 g/mol. The molecule has 0 saturated carbocycles. The maximum absolute atomic E-state index is 5.88. The van der Waals surface area contributed by atoms with Crippen LogP contribution in [-0.2, 0) is 6.54 Å². The van der Waals surface area contributed by atoms with Crippen molar-refractivity contribution < 1.29 is 4.74 Å². The van der Waals surface area contributed by atoms with Gasteiger partial charge in [0.25, 0.3) is 0 Å². The largest absolute Gasteiger partial charge is 0.457 e. The van der Waals surface area contributed by atoms with Crippen molar-refractivity contribution in [1.29, 1.82) is 0 Å². The first-order chi connectivity index (χ1) is 9.60.